The highest BCUT2D eigenvalue weighted by atomic mass is 32.2. The van der Waals surface area contributed by atoms with Gasteiger partial charge in [0.2, 0.25) is 11.8 Å². The average molecular weight is 443 g/mol. The van der Waals surface area contributed by atoms with E-state index in [1.165, 1.54) is 12.1 Å². The molecule has 6 nitrogen and oxygen atoms in total. The maximum Gasteiger partial charge on any atom is 0.401 e. The summed E-state index contributed by atoms with van der Waals surface area (Å²) in [5.41, 5.74) is 8.38. The highest BCUT2D eigenvalue weighted by Crippen LogP contribution is 2.40. The number of halogens is 1. The van der Waals surface area contributed by atoms with E-state index in [0.717, 1.165) is 23.2 Å². The Kier molecular flexibility index (Phi) is 6.76. The summed E-state index contributed by atoms with van der Waals surface area (Å²) in [7, 11) is 0. The largest absolute Gasteiger partial charge is 0.401 e. The molecule has 162 valence electrons. The van der Waals surface area contributed by atoms with Gasteiger partial charge in [0.25, 0.3) is 0 Å². The van der Waals surface area contributed by atoms with E-state index in [2.05, 4.69) is 29.9 Å². The number of rotatable bonds is 5. The van der Waals surface area contributed by atoms with E-state index in [4.69, 9.17) is 5.73 Å². The van der Waals surface area contributed by atoms with Gasteiger partial charge in [-0.1, -0.05) is 29.6 Å². The van der Waals surface area contributed by atoms with Gasteiger partial charge in [0, 0.05) is 36.2 Å². The van der Waals surface area contributed by atoms with Crippen LogP contribution in [0.15, 0.2) is 42.5 Å². The minimum atomic E-state index is -2.86. The van der Waals surface area contributed by atoms with Gasteiger partial charge in [0.15, 0.2) is 0 Å². The third-order valence-corrected chi connectivity index (χ3v) is 5.55. The summed E-state index contributed by atoms with van der Waals surface area (Å²) < 4.78 is 27.3. The quantitative estimate of drug-likeness (QED) is 0.568. The lowest BCUT2D eigenvalue weighted by molar-refractivity contribution is -0.123. The van der Waals surface area contributed by atoms with Crippen LogP contribution < -0.4 is 14.8 Å². The van der Waals surface area contributed by atoms with Crippen molar-refractivity contribution in [3.05, 3.63) is 59.2 Å². The Morgan fingerprint density at radius 1 is 1.13 bits per heavy atom. The van der Waals surface area contributed by atoms with Crippen LogP contribution in [0.1, 0.15) is 49.8 Å². The molecule has 0 aliphatic carbocycles. The van der Waals surface area contributed by atoms with Gasteiger partial charge in [-0.25, -0.2) is 0 Å². The SMILES string of the molecule is CC1(C)CCN(C(=O)CCC(N)=O)c2ccc(C#Cc3ccc(OS(=O)F)cc3)cc21. The molecular formula is C23H23FN2O4S. The fourth-order valence-electron chi connectivity index (χ4n) is 3.48. The summed E-state index contributed by atoms with van der Waals surface area (Å²) in [6.45, 7) is 4.84. The number of benzene rings is 2. The molecule has 0 saturated carbocycles. The average Bonchev–Trinajstić information content (AvgIpc) is 2.71. The maximum atomic E-state index is 12.6. The van der Waals surface area contributed by atoms with E-state index < -0.39 is 17.4 Å². The van der Waals surface area contributed by atoms with E-state index in [9.17, 15) is 17.7 Å². The summed E-state index contributed by atoms with van der Waals surface area (Å²) in [5, 5.41) is 0. The predicted octanol–water partition coefficient (Wildman–Crippen LogP) is 3.29. The number of anilines is 1. The molecule has 1 atom stereocenters. The molecule has 0 bridgehead atoms. The van der Waals surface area contributed by atoms with Gasteiger partial charge in [-0.05, 0) is 59.9 Å². The Morgan fingerprint density at radius 3 is 2.42 bits per heavy atom. The smallest absolute Gasteiger partial charge is 0.377 e. The highest BCUT2D eigenvalue weighted by molar-refractivity contribution is 7.75. The number of primary amides is 1. The Morgan fingerprint density at radius 2 is 1.77 bits per heavy atom. The van der Waals surface area contributed by atoms with Crippen molar-refractivity contribution in [1.29, 1.82) is 0 Å². The summed E-state index contributed by atoms with van der Waals surface area (Å²) in [6.07, 6.45) is 0.908. The lowest BCUT2D eigenvalue weighted by atomic mass is 9.77. The fourth-order valence-corrected chi connectivity index (χ4v) is 3.74. The Hall–Kier alpha value is -3.18. The molecule has 2 aromatic carbocycles. The molecule has 0 saturated heterocycles. The molecule has 1 unspecified atom stereocenters. The van der Waals surface area contributed by atoms with E-state index in [-0.39, 0.29) is 29.9 Å². The number of nitrogens with two attached hydrogens (primary N) is 1. The number of carbonyl (C=O) groups excluding carboxylic acids is 2. The first-order chi connectivity index (χ1) is 14.7. The highest BCUT2D eigenvalue weighted by Gasteiger charge is 2.33. The van der Waals surface area contributed by atoms with Crippen LogP contribution in [0.5, 0.6) is 5.75 Å². The van der Waals surface area contributed by atoms with Crippen LogP contribution in [-0.2, 0) is 26.5 Å². The molecule has 1 heterocycles. The molecule has 0 radical (unpaired) electrons. The summed E-state index contributed by atoms with van der Waals surface area (Å²) in [6, 6.07) is 12.0. The molecule has 1 aliphatic heterocycles. The third-order valence-electron chi connectivity index (χ3n) is 5.23. The number of amides is 2. The second-order valence-corrected chi connectivity index (χ2v) is 8.48. The molecule has 31 heavy (non-hydrogen) atoms. The molecule has 2 N–H and O–H groups in total. The van der Waals surface area contributed by atoms with Crippen molar-refractivity contribution in [2.75, 3.05) is 11.4 Å². The zero-order valence-electron chi connectivity index (χ0n) is 17.3. The minimum Gasteiger partial charge on any atom is -0.377 e. The maximum absolute atomic E-state index is 12.6. The number of fused-ring (bicyclic) bond motifs is 1. The molecule has 3 rings (SSSR count). The van der Waals surface area contributed by atoms with Crippen molar-refractivity contribution < 1.29 is 21.9 Å². The molecule has 2 amide bonds. The lowest BCUT2D eigenvalue weighted by Crippen LogP contribution is -2.41. The second kappa shape index (κ2) is 9.31. The number of hydrogen-bond donors (Lipinski definition) is 1. The molecule has 1 aliphatic rings. The van der Waals surface area contributed by atoms with Crippen LogP contribution >= 0.6 is 0 Å². The number of nitrogens with zero attached hydrogens (tertiary/aromatic N) is 1. The van der Waals surface area contributed by atoms with E-state index in [1.54, 1.807) is 17.0 Å². The third kappa shape index (κ3) is 5.70. The van der Waals surface area contributed by atoms with Gasteiger partial charge >= 0.3 is 11.5 Å². The second-order valence-electron chi connectivity index (χ2n) is 7.93. The first-order valence-corrected chi connectivity index (χ1v) is 10.7. The Labute approximate surface area is 183 Å². The topological polar surface area (TPSA) is 89.7 Å². The van der Waals surface area contributed by atoms with Crippen LogP contribution in [-0.4, -0.2) is 22.6 Å². The van der Waals surface area contributed by atoms with E-state index in [1.807, 2.05) is 18.2 Å². The van der Waals surface area contributed by atoms with Crippen LogP contribution in [0.2, 0.25) is 0 Å². The zero-order valence-corrected chi connectivity index (χ0v) is 18.1. The Bertz CT molecular complexity index is 1090. The van der Waals surface area contributed by atoms with Gasteiger partial charge in [0.05, 0.1) is 0 Å². The van der Waals surface area contributed by atoms with Crippen LogP contribution in [0, 0.1) is 11.8 Å². The molecular weight excluding hydrogens is 419 g/mol. The van der Waals surface area contributed by atoms with Crippen LogP contribution in [0.4, 0.5) is 9.57 Å². The normalized spacial score (nSPS) is 15.3. The van der Waals surface area contributed by atoms with Crippen molar-refractivity contribution in [3.8, 4) is 17.6 Å². The summed E-state index contributed by atoms with van der Waals surface area (Å²) in [4.78, 5) is 25.4. The van der Waals surface area contributed by atoms with Crippen molar-refractivity contribution >= 4 is 29.0 Å². The van der Waals surface area contributed by atoms with Gasteiger partial charge in [0.1, 0.15) is 5.75 Å². The van der Waals surface area contributed by atoms with Crippen LogP contribution in [0.3, 0.4) is 0 Å². The van der Waals surface area contributed by atoms with E-state index >= 15 is 0 Å². The minimum absolute atomic E-state index is 0.0304. The number of carbonyl (C=O) groups is 2. The molecule has 0 spiro atoms. The monoisotopic (exact) mass is 442 g/mol. The van der Waals surface area contributed by atoms with Crippen molar-refractivity contribution in [2.45, 2.75) is 38.5 Å². The van der Waals surface area contributed by atoms with Gasteiger partial charge < -0.3 is 14.8 Å². The summed E-state index contributed by atoms with van der Waals surface area (Å²) in [5.74, 6) is 5.68. The van der Waals surface area contributed by atoms with Crippen molar-refractivity contribution in [1.82, 2.24) is 0 Å². The predicted molar refractivity (Wildman–Crippen MR) is 117 cm³/mol. The standard InChI is InChI=1S/C23H23FN2O4S/c1-23(2)13-14-26(22(28)12-11-21(25)27)20-10-7-17(15-19(20)23)4-3-16-5-8-18(9-6-16)30-31(24)29/h5-10,15H,11-14H2,1-2H3,(H2,25,27). The molecule has 0 fully saturated rings. The molecule has 0 aromatic heterocycles. The van der Waals surface area contributed by atoms with Gasteiger partial charge in [-0.2, -0.15) is 4.21 Å². The Balaban J connectivity index is 1.84. The molecule has 2 aromatic rings. The van der Waals surface area contributed by atoms with Crippen molar-refractivity contribution in [2.24, 2.45) is 5.73 Å². The van der Waals surface area contributed by atoms with Crippen molar-refractivity contribution in [3.63, 3.8) is 0 Å². The number of hydrogen-bond acceptors (Lipinski definition) is 4. The molecule has 8 heteroatoms. The lowest BCUT2D eigenvalue weighted by Gasteiger charge is -2.39. The van der Waals surface area contributed by atoms with E-state index in [0.29, 0.717) is 12.1 Å². The first kappa shape index (κ1) is 22.5. The first-order valence-electron chi connectivity index (χ1n) is 9.77. The summed E-state index contributed by atoms with van der Waals surface area (Å²) >= 11 is -2.86. The fraction of sp³-hybridized carbons (Fsp3) is 0.304. The van der Waals surface area contributed by atoms with Crippen LogP contribution in [0.25, 0.3) is 0 Å². The van der Waals surface area contributed by atoms with Gasteiger partial charge in [-0.3, -0.25) is 9.59 Å². The zero-order chi connectivity index (χ0) is 22.6. The van der Waals surface area contributed by atoms with Gasteiger partial charge in [-0.15, -0.1) is 0 Å².